The van der Waals surface area contributed by atoms with Gasteiger partial charge in [0.05, 0.1) is 18.3 Å². The highest BCUT2D eigenvalue weighted by molar-refractivity contribution is 9.10. The van der Waals surface area contributed by atoms with Crippen molar-refractivity contribution < 1.29 is 4.74 Å². The molecule has 0 bridgehead atoms. The summed E-state index contributed by atoms with van der Waals surface area (Å²) in [5.41, 5.74) is 2.22. The van der Waals surface area contributed by atoms with Crippen molar-refractivity contribution in [1.82, 2.24) is 10.3 Å². The van der Waals surface area contributed by atoms with Crippen LogP contribution in [0.2, 0.25) is 0 Å². The summed E-state index contributed by atoms with van der Waals surface area (Å²) in [4.78, 5) is 4.53. The zero-order valence-corrected chi connectivity index (χ0v) is 14.1. The van der Waals surface area contributed by atoms with Crippen LogP contribution in [0.5, 0.6) is 5.75 Å². The predicted molar refractivity (Wildman–Crippen MR) is 89.7 cm³/mol. The summed E-state index contributed by atoms with van der Waals surface area (Å²) in [5, 5.41) is 3.55. The van der Waals surface area contributed by atoms with Crippen LogP contribution in [0.3, 0.4) is 0 Å². The molecule has 1 aromatic carbocycles. The highest BCUT2D eigenvalue weighted by atomic mass is 79.9. The number of hydrogen-bond acceptors (Lipinski definition) is 3. The minimum absolute atomic E-state index is 0.105. The Labute approximate surface area is 134 Å². The highest BCUT2D eigenvalue weighted by Gasteiger charge is 2.14. The molecule has 0 aliphatic rings. The second-order valence-corrected chi connectivity index (χ2v) is 5.71. The molecule has 1 N–H and O–H groups in total. The third kappa shape index (κ3) is 4.55. The van der Waals surface area contributed by atoms with Gasteiger partial charge in [-0.05, 0) is 65.6 Å². The van der Waals surface area contributed by atoms with Crippen LogP contribution in [0.4, 0.5) is 0 Å². The molecular weight excluding hydrogens is 328 g/mol. The fraction of sp³-hybridized carbons (Fsp3) is 0.353. The van der Waals surface area contributed by atoms with E-state index in [1.165, 1.54) is 5.56 Å². The SMILES string of the molecule is CCCNC(c1ccc(OCC)cc1)c1ccc(Br)cn1. The molecule has 112 valence electrons. The summed E-state index contributed by atoms with van der Waals surface area (Å²) in [6, 6.07) is 12.4. The number of aromatic nitrogens is 1. The fourth-order valence-electron chi connectivity index (χ4n) is 2.16. The molecule has 0 amide bonds. The Morgan fingerprint density at radius 2 is 1.90 bits per heavy atom. The van der Waals surface area contributed by atoms with E-state index in [1.54, 1.807) is 0 Å². The number of nitrogens with zero attached hydrogens (tertiary/aromatic N) is 1. The van der Waals surface area contributed by atoms with Gasteiger partial charge in [0.2, 0.25) is 0 Å². The van der Waals surface area contributed by atoms with Gasteiger partial charge in [-0.15, -0.1) is 0 Å². The van der Waals surface area contributed by atoms with E-state index in [1.807, 2.05) is 37.4 Å². The van der Waals surface area contributed by atoms with Gasteiger partial charge >= 0.3 is 0 Å². The van der Waals surface area contributed by atoms with Gasteiger partial charge in [-0.1, -0.05) is 19.1 Å². The molecule has 1 heterocycles. The molecule has 3 nitrogen and oxygen atoms in total. The zero-order valence-electron chi connectivity index (χ0n) is 12.5. The normalized spacial score (nSPS) is 12.1. The lowest BCUT2D eigenvalue weighted by Gasteiger charge is -2.19. The number of benzene rings is 1. The number of halogens is 1. The molecule has 1 aromatic heterocycles. The Hall–Kier alpha value is -1.39. The van der Waals surface area contributed by atoms with E-state index in [9.17, 15) is 0 Å². The second-order valence-electron chi connectivity index (χ2n) is 4.79. The van der Waals surface area contributed by atoms with Crippen LogP contribution in [0.15, 0.2) is 47.1 Å². The van der Waals surface area contributed by atoms with Gasteiger partial charge in [-0.3, -0.25) is 4.98 Å². The average molecular weight is 349 g/mol. The maximum atomic E-state index is 5.50. The third-order valence-corrected chi connectivity index (χ3v) is 3.64. The molecule has 1 atom stereocenters. The molecular formula is C17H21BrN2O. The molecule has 0 fully saturated rings. The van der Waals surface area contributed by atoms with Crippen LogP contribution >= 0.6 is 15.9 Å². The Balaban J connectivity index is 2.24. The van der Waals surface area contributed by atoms with Gasteiger partial charge in [0.1, 0.15) is 5.75 Å². The van der Waals surface area contributed by atoms with E-state index in [4.69, 9.17) is 4.74 Å². The van der Waals surface area contributed by atoms with Crippen molar-refractivity contribution in [2.45, 2.75) is 26.3 Å². The van der Waals surface area contributed by atoms with Crippen molar-refractivity contribution in [1.29, 1.82) is 0 Å². The van der Waals surface area contributed by atoms with Gasteiger partial charge in [0.25, 0.3) is 0 Å². The quantitative estimate of drug-likeness (QED) is 0.808. The van der Waals surface area contributed by atoms with E-state index in [-0.39, 0.29) is 6.04 Å². The molecule has 0 spiro atoms. The molecule has 0 saturated heterocycles. The maximum absolute atomic E-state index is 5.50. The number of ether oxygens (including phenoxy) is 1. The smallest absolute Gasteiger partial charge is 0.119 e. The van der Waals surface area contributed by atoms with Gasteiger partial charge in [0.15, 0.2) is 0 Å². The van der Waals surface area contributed by atoms with Crippen molar-refractivity contribution in [3.05, 3.63) is 58.3 Å². The monoisotopic (exact) mass is 348 g/mol. The molecule has 1 unspecified atom stereocenters. The standard InChI is InChI=1S/C17H21BrN2O/c1-3-11-19-17(16-10-7-14(18)12-20-16)13-5-8-15(9-6-13)21-4-2/h5-10,12,17,19H,3-4,11H2,1-2H3. The van der Waals surface area contributed by atoms with Crippen molar-refractivity contribution in [3.63, 3.8) is 0 Å². The number of nitrogens with one attached hydrogen (secondary N) is 1. The minimum Gasteiger partial charge on any atom is -0.494 e. The lowest BCUT2D eigenvalue weighted by molar-refractivity contribution is 0.340. The summed E-state index contributed by atoms with van der Waals surface area (Å²) in [6.07, 6.45) is 2.93. The first-order valence-corrected chi connectivity index (χ1v) is 8.11. The summed E-state index contributed by atoms with van der Waals surface area (Å²) in [6.45, 7) is 5.79. The summed E-state index contributed by atoms with van der Waals surface area (Å²) in [7, 11) is 0. The van der Waals surface area contributed by atoms with E-state index in [2.05, 4.69) is 45.3 Å². The van der Waals surface area contributed by atoms with Crippen LogP contribution < -0.4 is 10.1 Å². The summed E-state index contributed by atoms with van der Waals surface area (Å²) in [5.74, 6) is 0.902. The molecule has 0 saturated carbocycles. The summed E-state index contributed by atoms with van der Waals surface area (Å²) >= 11 is 3.43. The first-order chi connectivity index (χ1) is 10.2. The van der Waals surface area contributed by atoms with E-state index in [0.29, 0.717) is 6.61 Å². The topological polar surface area (TPSA) is 34.1 Å². The Kier molecular flexibility index (Phi) is 6.21. The van der Waals surface area contributed by atoms with Crippen LogP contribution in [0.1, 0.15) is 37.6 Å². The molecule has 21 heavy (non-hydrogen) atoms. The minimum atomic E-state index is 0.105. The molecule has 2 aromatic rings. The van der Waals surface area contributed by atoms with Crippen LogP contribution in [0, 0.1) is 0 Å². The second kappa shape index (κ2) is 8.15. The number of rotatable bonds is 7. The first kappa shape index (κ1) is 16.0. The Morgan fingerprint density at radius 1 is 1.14 bits per heavy atom. The van der Waals surface area contributed by atoms with Gasteiger partial charge < -0.3 is 10.1 Å². The number of hydrogen-bond donors (Lipinski definition) is 1. The lowest BCUT2D eigenvalue weighted by Crippen LogP contribution is -2.24. The van der Waals surface area contributed by atoms with Crippen LogP contribution in [0.25, 0.3) is 0 Å². The van der Waals surface area contributed by atoms with Gasteiger partial charge in [-0.2, -0.15) is 0 Å². The van der Waals surface area contributed by atoms with E-state index >= 15 is 0 Å². The van der Waals surface area contributed by atoms with Crippen LogP contribution in [-0.2, 0) is 0 Å². The van der Waals surface area contributed by atoms with Crippen molar-refractivity contribution in [2.75, 3.05) is 13.2 Å². The molecule has 0 radical (unpaired) electrons. The van der Waals surface area contributed by atoms with E-state index in [0.717, 1.165) is 28.9 Å². The number of pyridine rings is 1. The average Bonchev–Trinajstić information content (AvgIpc) is 2.51. The highest BCUT2D eigenvalue weighted by Crippen LogP contribution is 2.24. The molecule has 2 rings (SSSR count). The first-order valence-electron chi connectivity index (χ1n) is 7.32. The Bertz CT molecular complexity index is 540. The van der Waals surface area contributed by atoms with Gasteiger partial charge in [-0.25, -0.2) is 0 Å². The Morgan fingerprint density at radius 3 is 2.48 bits per heavy atom. The van der Waals surface area contributed by atoms with Gasteiger partial charge in [0, 0.05) is 10.7 Å². The third-order valence-electron chi connectivity index (χ3n) is 3.17. The lowest BCUT2D eigenvalue weighted by atomic mass is 10.0. The maximum Gasteiger partial charge on any atom is 0.119 e. The van der Waals surface area contributed by atoms with E-state index < -0.39 is 0 Å². The predicted octanol–water partition coefficient (Wildman–Crippen LogP) is 4.33. The summed E-state index contributed by atoms with van der Waals surface area (Å²) < 4.78 is 6.49. The molecule has 0 aliphatic heterocycles. The zero-order chi connectivity index (χ0) is 15.1. The molecule has 4 heteroatoms. The van der Waals surface area contributed by atoms with Crippen molar-refractivity contribution in [2.24, 2.45) is 0 Å². The van der Waals surface area contributed by atoms with Crippen molar-refractivity contribution >= 4 is 15.9 Å². The van der Waals surface area contributed by atoms with Crippen LogP contribution in [-0.4, -0.2) is 18.1 Å². The fourth-order valence-corrected chi connectivity index (χ4v) is 2.40. The molecule has 0 aliphatic carbocycles. The van der Waals surface area contributed by atoms with Crippen molar-refractivity contribution in [3.8, 4) is 5.75 Å². The largest absolute Gasteiger partial charge is 0.494 e.